The van der Waals surface area contributed by atoms with E-state index in [0.29, 0.717) is 0 Å². The van der Waals surface area contributed by atoms with Crippen LogP contribution in [0, 0.1) is 11.6 Å². The van der Waals surface area contributed by atoms with Gasteiger partial charge in [0, 0.05) is 11.6 Å². The molecule has 0 radical (unpaired) electrons. The van der Waals surface area contributed by atoms with Crippen LogP contribution >= 0.6 is 11.6 Å². The van der Waals surface area contributed by atoms with E-state index in [0.717, 1.165) is 6.07 Å². The van der Waals surface area contributed by atoms with Crippen LogP contribution in [0.25, 0.3) is 0 Å². The maximum absolute atomic E-state index is 13.3. The van der Waals surface area contributed by atoms with Crippen LogP contribution in [0.2, 0.25) is 0 Å². The van der Waals surface area contributed by atoms with E-state index in [1.165, 1.54) is 6.07 Å². The summed E-state index contributed by atoms with van der Waals surface area (Å²) in [4.78, 5) is 11.1. The summed E-state index contributed by atoms with van der Waals surface area (Å²) < 4.78 is 31.0. The molecule has 5 heteroatoms. The Balaban J connectivity index is 2.91. The van der Waals surface area contributed by atoms with Gasteiger partial charge in [0.2, 0.25) is 0 Å². The van der Waals surface area contributed by atoms with Gasteiger partial charge in [-0.25, -0.2) is 8.78 Å². The van der Waals surface area contributed by atoms with Crippen molar-refractivity contribution >= 4 is 17.6 Å². The van der Waals surface area contributed by atoms with Gasteiger partial charge in [-0.2, -0.15) is 0 Å². The zero-order chi connectivity index (χ0) is 12.1. The molecule has 0 atom stereocenters. The van der Waals surface area contributed by atoms with Crippen LogP contribution in [0.5, 0.6) is 0 Å². The summed E-state index contributed by atoms with van der Waals surface area (Å²) in [5, 5.41) is 0. The second-order valence-electron chi connectivity index (χ2n) is 3.15. The monoisotopic (exact) mass is 248 g/mol. The van der Waals surface area contributed by atoms with E-state index in [2.05, 4.69) is 4.74 Å². The first kappa shape index (κ1) is 12.9. The quantitative estimate of drug-likeness (QED) is 0.605. The number of hydrogen-bond acceptors (Lipinski definition) is 2. The molecule has 1 aromatic rings. The maximum atomic E-state index is 13.3. The summed E-state index contributed by atoms with van der Waals surface area (Å²) >= 11 is 5.48. The minimum Gasteiger partial charge on any atom is -0.466 e. The third kappa shape index (κ3) is 3.17. The van der Waals surface area contributed by atoms with Crippen molar-refractivity contribution in [1.82, 2.24) is 0 Å². The molecular formula is C11H11ClF2O2. The van der Waals surface area contributed by atoms with E-state index in [4.69, 9.17) is 11.6 Å². The molecule has 0 heterocycles. The van der Waals surface area contributed by atoms with Crippen LogP contribution in [-0.2, 0) is 21.8 Å². The molecule has 0 N–H and O–H groups in total. The molecule has 0 amide bonds. The molecule has 0 spiro atoms. The Kier molecular flexibility index (Phi) is 4.68. The summed E-state index contributed by atoms with van der Waals surface area (Å²) in [6, 6.07) is 1.97. The van der Waals surface area contributed by atoms with Crippen molar-refractivity contribution in [2.45, 2.75) is 19.2 Å². The summed E-state index contributed by atoms with van der Waals surface area (Å²) in [7, 11) is 0. The van der Waals surface area contributed by atoms with Crippen molar-refractivity contribution in [2.24, 2.45) is 0 Å². The fourth-order valence-electron chi connectivity index (χ4n) is 1.25. The average Bonchev–Trinajstić information content (AvgIpc) is 2.22. The molecule has 2 nitrogen and oxygen atoms in total. The lowest BCUT2D eigenvalue weighted by Gasteiger charge is -2.06. The van der Waals surface area contributed by atoms with Gasteiger partial charge in [-0.15, -0.1) is 11.6 Å². The Labute approximate surface area is 97.2 Å². The summed E-state index contributed by atoms with van der Waals surface area (Å²) in [5.74, 6) is -2.09. The molecule has 88 valence electrons. The average molecular weight is 249 g/mol. The lowest BCUT2D eigenvalue weighted by Crippen LogP contribution is -2.09. The molecule has 0 unspecified atom stereocenters. The third-order valence-electron chi connectivity index (χ3n) is 2.00. The highest BCUT2D eigenvalue weighted by Crippen LogP contribution is 2.17. The van der Waals surface area contributed by atoms with Gasteiger partial charge in [-0.1, -0.05) is 0 Å². The standard InChI is InChI=1S/C11H11ClF2O2/c1-2-16-11(15)4-7-3-8(6-12)10(14)5-9(7)13/h3,5H,2,4,6H2,1H3. The van der Waals surface area contributed by atoms with Gasteiger partial charge in [0.25, 0.3) is 0 Å². The van der Waals surface area contributed by atoms with Gasteiger partial charge < -0.3 is 4.74 Å². The SMILES string of the molecule is CCOC(=O)Cc1cc(CCl)c(F)cc1F. The van der Waals surface area contributed by atoms with Gasteiger partial charge in [-0.05, 0) is 18.6 Å². The minimum atomic E-state index is -0.764. The second-order valence-corrected chi connectivity index (χ2v) is 3.42. The first-order valence-corrected chi connectivity index (χ1v) is 5.30. The molecule has 16 heavy (non-hydrogen) atoms. The maximum Gasteiger partial charge on any atom is 0.310 e. The molecule has 0 aromatic heterocycles. The fourth-order valence-corrected chi connectivity index (χ4v) is 1.46. The van der Waals surface area contributed by atoms with E-state index >= 15 is 0 Å². The summed E-state index contributed by atoms with van der Waals surface area (Å²) in [6.45, 7) is 1.88. The predicted octanol–water partition coefficient (Wildman–Crippen LogP) is 2.81. The van der Waals surface area contributed by atoms with Gasteiger partial charge in [0.1, 0.15) is 11.6 Å². The molecule has 0 aliphatic rings. The number of esters is 1. The molecule has 1 aromatic carbocycles. The Morgan fingerprint density at radius 2 is 1.94 bits per heavy atom. The van der Waals surface area contributed by atoms with E-state index < -0.39 is 17.6 Å². The van der Waals surface area contributed by atoms with E-state index in [-0.39, 0.29) is 30.0 Å². The van der Waals surface area contributed by atoms with Crippen LogP contribution in [0.1, 0.15) is 18.1 Å². The minimum absolute atomic E-state index is 0.0675. The molecule has 0 saturated carbocycles. The fraction of sp³-hybridized carbons (Fsp3) is 0.364. The highest BCUT2D eigenvalue weighted by atomic mass is 35.5. The predicted molar refractivity (Wildman–Crippen MR) is 56.3 cm³/mol. The van der Waals surface area contributed by atoms with Gasteiger partial charge in [0.15, 0.2) is 0 Å². The van der Waals surface area contributed by atoms with Crippen LogP contribution in [0.4, 0.5) is 8.78 Å². The zero-order valence-electron chi connectivity index (χ0n) is 8.73. The van der Waals surface area contributed by atoms with Crippen LogP contribution in [0.15, 0.2) is 12.1 Å². The number of hydrogen-bond donors (Lipinski definition) is 0. The molecule has 0 saturated heterocycles. The van der Waals surface area contributed by atoms with Crippen LogP contribution in [-0.4, -0.2) is 12.6 Å². The number of halogens is 3. The van der Waals surface area contributed by atoms with Gasteiger partial charge in [-0.3, -0.25) is 4.79 Å². The van der Waals surface area contributed by atoms with Crippen molar-refractivity contribution < 1.29 is 18.3 Å². The van der Waals surface area contributed by atoms with Crippen molar-refractivity contribution in [1.29, 1.82) is 0 Å². The molecule has 0 fully saturated rings. The van der Waals surface area contributed by atoms with Gasteiger partial charge in [0.05, 0.1) is 18.9 Å². The van der Waals surface area contributed by atoms with E-state index in [1.54, 1.807) is 6.92 Å². The molecule has 1 rings (SSSR count). The first-order valence-electron chi connectivity index (χ1n) is 4.76. The number of carbonyl (C=O) groups is 1. The molecular weight excluding hydrogens is 238 g/mol. The number of benzene rings is 1. The highest BCUT2D eigenvalue weighted by molar-refractivity contribution is 6.17. The normalized spacial score (nSPS) is 10.2. The van der Waals surface area contributed by atoms with E-state index in [9.17, 15) is 13.6 Å². The number of alkyl halides is 1. The number of rotatable bonds is 4. The lowest BCUT2D eigenvalue weighted by atomic mass is 10.1. The Morgan fingerprint density at radius 3 is 2.50 bits per heavy atom. The topological polar surface area (TPSA) is 26.3 Å². The number of ether oxygens (including phenoxy) is 1. The Morgan fingerprint density at radius 1 is 1.31 bits per heavy atom. The summed E-state index contributed by atoms with van der Waals surface area (Å²) in [6.07, 6.45) is -0.218. The smallest absolute Gasteiger partial charge is 0.310 e. The molecule has 0 aliphatic heterocycles. The Bertz CT molecular complexity index is 394. The Hall–Kier alpha value is -1.16. The molecule has 0 aliphatic carbocycles. The van der Waals surface area contributed by atoms with Crippen molar-refractivity contribution in [3.8, 4) is 0 Å². The third-order valence-corrected chi connectivity index (χ3v) is 2.29. The van der Waals surface area contributed by atoms with Crippen LogP contribution in [0.3, 0.4) is 0 Å². The zero-order valence-corrected chi connectivity index (χ0v) is 9.48. The van der Waals surface area contributed by atoms with Crippen LogP contribution < -0.4 is 0 Å². The largest absolute Gasteiger partial charge is 0.466 e. The number of carbonyl (C=O) groups excluding carboxylic acids is 1. The first-order chi connectivity index (χ1) is 7.58. The van der Waals surface area contributed by atoms with Crippen molar-refractivity contribution in [2.75, 3.05) is 6.61 Å². The van der Waals surface area contributed by atoms with Crippen molar-refractivity contribution in [3.05, 3.63) is 34.9 Å². The highest BCUT2D eigenvalue weighted by Gasteiger charge is 2.13. The molecule has 0 bridgehead atoms. The van der Waals surface area contributed by atoms with Crippen molar-refractivity contribution in [3.63, 3.8) is 0 Å². The summed E-state index contributed by atoms with van der Waals surface area (Å²) in [5.41, 5.74) is 0.262. The lowest BCUT2D eigenvalue weighted by molar-refractivity contribution is -0.142. The van der Waals surface area contributed by atoms with Gasteiger partial charge >= 0.3 is 5.97 Å². The van der Waals surface area contributed by atoms with E-state index in [1.807, 2.05) is 0 Å². The second kappa shape index (κ2) is 5.80.